The summed E-state index contributed by atoms with van der Waals surface area (Å²) >= 11 is 0. The molecule has 1 rings (SSSR count). The summed E-state index contributed by atoms with van der Waals surface area (Å²) in [5.74, 6) is 0.706. The second-order valence-corrected chi connectivity index (χ2v) is 4.21. The molecule has 1 heteroatoms. The fraction of sp³-hybridized carbons (Fsp3) is 0.727. The molecule has 0 aromatic heterocycles. The molecule has 0 bridgehead atoms. The van der Waals surface area contributed by atoms with Gasteiger partial charge in [0.2, 0.25) is 0 Å². The predicted molar refractivity (Wildman–Crippen MR) is 50.9 cm³/mol. The summed E-state index contributed by atoms with van der Waals surface area (Å²) < 4.78 is 0. The standard InChI is InChI=1S/C11H18O/c1-4-7-11(3)8-5-6-9(2)10(11)12/h4,9H,1,5-8H2,2-3H3/t9-,11-/m1/s1. The van der Waals surface area contributed by atoms with Crippen LogP contribution in [-0.2, 0) is 4.79 Å². The third-order valence-corrected chi connectivity index (χ3v) is 3.00. The van der Waals surface area contributed by atoms with Crippen molar-refractivity contribution >= 4 is 5.78 Å². The molecule has 0 saturated heterocycles. The Morgan fingerprint density at radius 3 is 3.00 bits per heavy atom. The highest BCUT2D eigenvalue weighted by molar-refractivity contribution is 5.87. The molecule has 0 aromatic carbocycles. The molecule has 0 aliphatic heterocycles. The van der Waals surface area contributed by atoms with Crippen molar-refractivity contribution in [1.29, 1.82) is 0 Å². The Kier molecular flexibility index (Phi) is 2.71. The molecule has 12 heavy (non-hydrogen) atoms. The van der Waals surface area contributed by atoms with Crippen LogP contribution in [0.4, 0.5) is 0 Å². The van der Waals surface area contributed by atoms with E-state index in [1.807, 2.05) is 13.0 Å². The van der Waals surface area contributed by atoms with Crippen LogP contribution in [0.5, 0.6) is 0 Å². The van der Waals surface area contributed by atoms with Crippen molar-refractivity contribution in [3.8, 4) is 0 Å². The first-order valence-corrected chi connectivity index (χ1v) is 4.75. The molecule has 1 aliphatic rings. The van der Waals surface area contributed by atoms with Crippen LogP contribution in [0.15, 0.2) is 12.7 Å². The van der Waals surface area contributed by atoms with Crippen molar-refractivity contribution in [3.63, 3.8) is 0 Å². The van der Waals surface area contributed by atoms with Gasteiger partial charge in [-0.3, -0.25) is 4.79 Å². The zero-order valence-electron chi connectivity index (χ0n) is 8.10. The number of Topliss-reactive ketones (excluding diaryl/α,β-unsaturated/α-hetero) is 1. The van der Waals surface area contributed by atoms with Gasteiger partial charge in [0, 0.05) is 11.3 Å². The summed E-state index contributed by atoms with van der Waals surface area (Å²) in [4.78, 5) is 11.8. The van der Waals surface area contributed by atoms with Crippen LogP contribution in [0.3, 0.4) is 0 Å². The lowest BCUT2D eigenvalue weighted by Crippen LogP contribution is -2.35. The lowest BCUT2D eigenvalue weighted by molar-refractivity contribution is -0.134. The molecule has 1 aliphatic carbocycles. The van der Waals surface area contributed by atoms with Gasteiger partial charge < -0.3 is 0 Å². The largest absolute Gasteiger partial charge is 0.299 e. The zero-order valence-corrected chi connectivity index (χ0v) is 8.10. The number of hydrogen-bond acceptors (Lipinski definition) is 1. The van der Waals surface area contributed by atoms with Gasteiger partial charge in [-0.15, -0.1) is 6.58 Å². The van der Waals surface area contributed by atoms with Crippen molar-refractivity contribution in [3.05, 3.63) is 12.7 Å². The molecule has 2 atom stereocenters. The van der Waals surface area contributed by atoms with E-state index >= 15 is 0 Å². The van der Waals surface area contributed by atoms with E-state index in [4.69, 9.17) is 0 Å². The fourth-order valence-corrected chi connectivity index (χ4v) is 2.17. The second-order valence-electron chi connectivity index (χ2n) is 4.21. The third kappa shape index (κ3) is 1.60. The van der Waals surface area contributed by atoms with Gasteiger partial charge in [0.15, 0.2) is 0 Å². The first kappa shape index (κ1) is 9.50. The van der Waals surface area contributed by atoms with E-state index in [-0.39, 0.29) is 11.3 Å². The molecule has 0 radical (unpaired) electrons. The summed E-state index contributed by atoms with van der Waals surface area (Å²) in [7, 11) is 0. The van der Waals surface area contributed by atoms with Crippen LogP contribution < -0.4 is 0 Å². The second kappa shape index (κ2) is 3.42. The Labute approximate surface area is 74.9 Å². The van der Waals surface area contributed by atoms with Gasteiger partial charge in [-0.2, -0.15) is 0 Å². The Balaban J connectivity index is 2.73. The van der Waals surface area contributed by atoms with Crippen molar-refractivity contribution < 1.29 is 4.79 Å². The van der Waals surface area contributed by atoms with Crippen LogP contribution in [0, 0.1) is 11.3 Å². The van der Waals surface area contributed by atoms with Crippen molar-refractivity contribution in [2.45, 2.75) is 39.5 Å². The van der Waals surface area contributed by atoms with E-state index in [2.05, 4.69) is 13.5 Å². The van der Waals surface area contributed by atoms with Crippen LogP contribution >= 0.6 is 0 Å². The Morgan fingerprint density at radius 2 is 2.42 bits per heavy atom. The van der Waals surface area contributed by atoms with E-state index < -0.39 is 0 Å². The fourth-order valence-electron chi connectivity index (χ4n) is 2.17. The minimum Gasteiger partial charge on any atom is -0.299 e. The average molecular weight is 166 g/mol. The van der Waals surface area contributed by atoms with Crippen LogP contribution in [-0.4, -0.2) is 5.78 Å². The van der Waals surface area contributed by atoms with Gasteiger partial charge in [0.05, 0.1) is 0 Å². The number of hydrogen-bond donors (Lipinski definition) is 0. The molecule has 0 heterocycles. The number of carbonyl (C=O) groups is 1. The van der Waals surface area contributed by atoms with E-state index in [1.165, 1.54) is 6.42 Å². The van der Waals surface area contributed by atoms with Crippen LogP contribution in [0.1, 0.15) is 39.5 Å². The van der Waals surface area contributed by atoms with E-state index in [9.17, 15) is 4.79 Å². The lowest BCUT2D eigenvalue weighted by Gasteiger charge is -2.34. The smallest absolute Gasteiger partial charge is 0.141 e. The monoisotopic (exact) mass is 166 g/mol. The highest BCUT2D eigenvalue weighted by Gasteiger charge is 2.37. The SMILES string of the molecule is C=CC[C@]1(C)CCC[C@@H](C)C1=O. The molecule has 0 unspecified atom stereocenters. The van der Waals surface area contributed by atoms with Crippen LogP contribution in [0.2, 0.25) is 0 Å². The number of carbonyl (C=O) groups excluding carboxylic acids is 1. The maximum Gasteiger partial charge on any atom is 0.141 e. The molecule has 0 amide bonds. The van der Waals surface area contributed by atoms with Crippen molar-refractivity contribution in [2.75, 3.05) is 0 Å². The average Bonchev–Trinajstić information content (AvgIpc) is 2.01. The van der Waals surface area contributed by atoms with Gasteiger partial charge in [-0.1, -0.05) is 26.3 Å². The highest BCUT2D eigenvalue weighted by Crippen LogP contribution is 2.38. The molecule has 0 aromatic rings. The molecular weight excluding hydrogens is 148 g/mol. The molecule has 1 saturated carbocycles. The Bertz CT molecular complexity index is 195. The summed E-state index contributed by atoms with van der Waals surface area (Å²) in [6, 6.07) is 0. The minimum absolute atomic E-state index is 0.0978. The van der Waals surface area contributed by atoms with Gasteiger partial charge in [0.1, 0.15) is 5.78 Å². The number of ketones is 1. The predicted octanol–water partition coefficient (Wildman–Crippen LogP) is 2.96. The molecular formula is C11H18O. The van der Waals surface area contributed by atoms with Gasteiger partial charge in [-0.05, 0) is 19.3 Å². The molecule has 0 spiro atoms. The van der Waals surface area contributed by atoms with E-state index in [0.717, 1.165) is 19.3 Å². The Hall–Kier alpha value is -0.590. The highest BCUT2D eigenvalue weighted by atomic mass is 16.1. The van der Waals surface area contributed by atoms with Crippen LogP contribution in [0.25, 0.3) is 0 Å². The molecule has 0 N–H and O–H groups in total. The number of allylic oxidation sites excluding steroid dienone is 1. The summed E-state index contributed by atoms with van der Waals surface area (Å²) in [6.45, 7) is 7.83. The zero-order chi connectivity index (χ0) is 9.19. The normalized spacial score (nSPS) is 36.5. The number of rotatable bonds is 2. The summed E-state index contributed by atoms with van der Waals surface area (Å²) in [5.41, 5.74) is -0.0978. The first-order chi connectivity index (χ1) is 5.60. The van der Waals surface area contributed by atoms with Crippen molar-refractivity contribution in [2.24, 2.45) is 11.3 Å². The minimum atomic E-state index is -0.0978. The topological polar surface area (TPSA) is 17.1 Å². The van der Waals surface area contributed by atoms with Gasteiger partial charge in [-0.25, -0.2) is 0 Å². The molecule has 1 fully saturated rings. The maximum absolute atomic E-state index is 11.8. The van der Waals surface area contributed by atoms with E-state index in [0.29, 0.717) is 5.78 Å². The van der Waals surface area contributed by atoms with Gasteiger partial charge >= 0.3 is 0 Å². The quantitative estimate of drug-likeness (QED) is 0.576. The maximum atomic E-state index is 11.8. The van der Waals surface area contributed by atoms with Crippen molar-refractivity contribution in [1.82, 2.24) is 0 Å². The van der Waals surface area contributed by atoms with Gasteiger partial charge in [0.25, 0.3) is 0 Å². The first-order valence-electron chi connectivity index (χ1n) is 4.75. The summed E-state index contributed by atoms with van der Waals surface area (Å²) in [6.07, 6.45) is 6.02. The third-order valence-electron chi connectivity index (χ3n) is 3.00. The Morgan fingerprint density at radius 1 is 1.75 bits per heavy atom. The summed E-state index contributed by atoms with van der Waals surface area (Å²) in [5, 5.41) is 0. The lowest BCUT2D eigenvalue weighted by atomic mass is 9.68. The van der Waals surface area contributed by atoms with E-state index in [1.54, 1.807) is 0 Å². The molecule has 68 valence electrons. The molecule has 1 nitrogen and oxygen atoms in total.